The molecule has 1 fully saturated rings. The minimum Gasteiger partial charge on any atom is -0.298 e. The van der Waals surface area contributed by atoms with Crippen LogP contribution in [0.25, 0.3) is 0 Å². The quantitative estimate of drug-likeness (QED) is 0.638. The van der Waals surface area contributed by atoms with Crippen LogP contribution in [0.4, 0.5) is 0 Å². The Morgan fingerprint density at radius 2 is 1.53 bits per heavy atom. The fraction of sp³-hybridized carbons (Fsp3) is 1.00. The van der Waals surface area contributed by atoms with Crippen molar-refractivity contribution >= 4 is 7.28 Å². The Hall–Kier alpha value is 0.0249. The maximum Gasteiger partial charge on any atom is 0.113 e. The molecule has 0 spiro atoms. The molecule has 1 nitrogen and oxygen atoms in total. The fourth-order valence-electron chi connectivity index (χ4n) is 2.83. The van der Waals surface area contributed by atoms with E-state index in [1.165, 1.54) is 38.8 Å². The van der Waals surface area contributed by atoms with Gasteiger partial charge in [0.25, 0.3) is 0 Å². The Bertz CT molecular complexity index is 193. The maximum atomic E-state index is 2.68. The highest BCUT2D eigenvalue weighted by Gasteiger charge is 2.33. The molecule has 15 heavy (non-hydrogen) atoms. The summed E-state index contributed by atoms with van der Waals surface area (Å²) >= 11 is 0. The predicted molar refractivity (Wildman–Crippen MR) is 69.8 cm³/mol. The second-order valence-electron chi connectivity index (χ2n) is 6.31. The average molecular weight is 208 g/mol. The molecule has 1 rings (SSSR count). The van der Waals surface area contributed by atoms with Crippen LogP contribution < -0.4 is 0 Å². The van der Waals surface area contributed by atoms with Gasteiger partial charge >= 0.3 is 0 Å². The highest BCUT2D eigenvalue weighted by molar-refractivity contribution is 6.37. The Labute approximate surface area is 96.9 Å². The number of piperidine rings is 1. The Morgan fingerprint density at radius 3 is 2.00 bits per heavy atom. The molecule has 0 aromatic carbocycles. The third-order valence-corrected chi connectivity index (χ3v) is 3.88. The first-order chi connectivity index (χ1) is 6.87. The van der Waals surface area contributed by atoms with Gasteiger partial charge in [-0.25, -0.2) is 0 Å². The molecule has 0 bridgehead atoms. The van der Waals surface area contributed by atoms with Crippen LogP contribution in [-0.2, 0) is 0 Å². The van der Waals surface area contributed by atoms with E-state index >= 15 is 0 Å². The van der Waals surface area contributed by atoms with E-state index in [4.69, 9.17) is 0 Å². The van der Waals surface area contributed by atoms with Crippen LogP contribution in [0.2, 0.25) is 12.1 Å². The molecule has 1 heterocycles. The maximum absolute atomic E-state index is 2.68. The van der Waals surface area contributed by atoms with Crippen molar-refractivity contribution in [1.82, 2.24) is 4.90 Å². The molecule has 0 atom stereocenters. The Kier molecular flexibility index (Phi) is 4.28. The molecule has 0 N–H and O–H groups in total. The van der Waals surface area contributed by atoms with Gasteiger partial charge < -0.3 is 0 Å². The lowest BCUT2D eigenvalue weighted by molar-refractivity contribution is 0.0794. The summed E-state index contributed by atoms with van der Waals surface area (Å²) in [5.41, 5.74) is 0.358. The lowest BCUT2D eigenvalue weighted by atomic mass is 9.52. The van der Waals surface area contributed by atoms with E-state index in [0.717, 1.165) is 0 Å². The summed E-state index contributed by atoms with van der Waals surface area (Å²) in [7, 11) is 2.35. The summed E-state index contributed by atoms with van der Waals surface area (Å²) in [6.07, 6.45) is 5.46. The SMILES string of the molecule is C[B]C(C)(C)CC(C)(C)N1CCCCC1. The average Bonchev–Trinajstić information content (AvgIpc) is 2.18. The minimum atomic E-state index is 0.358. The van der Waals surface area contributed by atoms with Gasteiger partial charge in [0.2, 0.25) is 0 Å². The molecule has 0 aromatic rings. The first-order valence-corrected chi connectivity index (χ1v) is 6.43. The van der Waals surface area contributed by atoms with Crippen LogP contribution in [0.1, 0.15) is 53.4 Å². The van der Waals surface area contributed by atoms with Crippen LogP contribution in [0.5, 0.6) is 0 Å². The molecule has 1 aliphatic rings. The monoisotopic (exact) mass is 208 g/mol. The second kappa shape index (κ2) is 4.90. The van der Waals surface area contributed by atoms with Gasteiger partial charge in [-0.1, -0.05) is 32.4 Å². The first kappa shape index (κ1) is 13.1. The number of hydrogen-bond acceptors (Lipinski definition) is 1. The standard InChI is InChI=1S/C13H27BN/c1-12(2,14-5)11-13(3,4)15-9-7-6-8-10-15/h6-11H2,1-5H3. The molecular weight excluding hydrogens is 181 g/mol. The molecule has 0 aliphatic carbocycles. The lowest BCUT2D eigenvalue weighted by Crippen LogP contribution is -2.48. The van der Waals surface area contributed by atoms with E-state index in [1.54, 1.807) is 0 Å². The molecule has 87 valence electrons. The van der Waals surface area contributed by atoms with E-state index in [2.05, 4.69) is 46.7 Å². The van der Waals surface area contributed by atoms with Crippen LogP contribution in [-0.4, -0.2) is 30.8 Å². The summed E-state index contributed by atoms with van der Waals surface area (Å²) in [6.45, 7) is 14.3. The summed E-state index contributed by atoms with van der Waals surface area (Å²) in [4.78, 5) is 2.68. The van der Waals surface area contributed by atoms with Gasteiger partial charge in [-0.15, -0.1) is 0 Å². The van der Waals surface area contributed by atoms with E-state index in [1.807, 2.05) is 0 Å². The van der Waals surface area contributed by atoms with E-state index < -0.39 is 0 Å². The minimum absolute atomic E-state index is 0.358. The summed E-state index contributed by atoms with van der Waals surface area (Å²) in [6, 6.07) is 0. The molecule has 0 unspecified atom stereocenters. The highest BCUT2D eigenvalue weighted by atomic mass is 15.2. The van der Waals surface area contributed by atoms with E-state index in [0.29, 0.717) is 10.9 Å². The van der Waals surface area contributed by atoms with Gasteiger partial charge in [-0.2, -0.15) is 0 Å². The molecule has 0 aromatic heterocycles. The van der Waals surface area contributed by atoms with Crippen molar-refractivity contribution in [3.05, 3.63) is 0 Å². The summed E-state index contributed by atoms with van der Waals surface area (Å²) < 4.78 is 0. The van der Waals surface area contributed by atoms with Gasteiger partial charge in [0, 0.05) is 5.54 Å². The van der Waals surface area contributed by atoms with E-state index in [9.17, 15) is 0 Å². The van der Waals surface area contributed by atoms with Gasteiger partial charge in [0.05, 0.1) is 0 Å². The van der Waals surface area contributed by atoms with Crippen LogP contribution in [0.15, 0.2) is 0 Å². The molecule has 1 saturated heterocycles. The molecule has 0 saturated carbocycles. The van der Waals surface area contributed by atoms with Gasteiger partial charge in [0.1, 0.15) is 7.28 Å². The van der Waals surface area contributed by atoms with Crippen molar-refractivity contribution in [3.63, 3.8) is 0 Å². The normalized spacial score (nSPS) is 20.3. The largest absolute Gasteiger partial charge is 0.298 e. The number of rotatable bonds is 4. The topological polar surface area (TPSA) is 3.24 Å². The molecule has 2 heteroatoms. The summed E-state index contributed by atoms with van der Waals surface area (Å²) in [5.74, 6) is 0. The highest BCUT2D eigenvalue weighted by Crippen LogP contribution is 2.37. The van der Waals surface area contributed by atoms with Gasteiger partial charge in [-0.3, -0.25) is 4.90 Å². The summed E-state index contributed by atoms with van der Waals surface area (Å²) in [5, 5.41) is 0.362. The first-order valence-electron chi connectivity index (χ1n) is 6.43. The molecule has 1 aliphatic heterocycles. The second-order valence-corrected chi connectivity index (χ2v) is 6.31. The van der Waals surface area contributed by atoms with Gasteiger partial charge in [0.15, 0.2) is 0 Å². The van der Waals surface area contributed by atoms with Crippen molar-refractivity contribution in [1.29, 1.82) is 0 Å². The zero-order chi connectivity index (χ0) is 11.5. The van der Waals surface area contributed by atoms with E-state index in [-0.39, 0.29) is 0 Å². The molecule has 0 amide bonds. The van der Waals surface area contributed by atoms with Crippen LogP contribution >= 0.6 is 0 Å². The van der Waals surface area contributed by atoms with Crippen LogP contribution in [0, 0.1) is 0 Å². The van der Waals surface area contributed by atoms with Crippen LogP contribution in [0.3, 0.4) is 0 Å². The van der Waals surface area contributed by atoms with Crippen molar-refractivity contribution < 1.29 is 0 Å². The number of nitrogens with zero attached hydrogens (tertiary/aromatic N) is 1. The number of hydrogen-bond donors (Lipinski definition) is 0. The van der Waals surface area contributed by atoms with Crippen molar-refractivity contribution in [2.45, 2.75) is 71.1 Å². The molecule has 1 radical (unpaired) electrons. The Balaban J connectivity index is 2.56. The van der Waals surface area contributed by atoms with Crippen molar-refractivity contribution in [2.24, 2.45) is 0 Å². The lowest BCUT2D eigenvalue weighted by Gasteiger charge is -2.45. The predicted octanol–water partition coefficient (Wildman–Crippen LogP) is 3.59. The smallest absolute Gasteiger partial charge is 0.113 e. The zero-order valence-corrected chi connectivity index (χ0v) is 11.3. The third-order valence-electron chi connectivity index (χ3n) is 3.88. The van der Waals surface area contributed by atoms with Gasteiger partial charge in [-0.05, 0) is 46.2 Å². The third kappa shape index (κ3) is 3.83. The molecular formula is C13H27BN. The number of likely N-dealkylation sites (tertiary alicyclic amines) is 1. The zero-order valence-electron chi connectivity index (χ0n) is 11.3. The van der Waals surface area contributed by atoms with Crippen molar-refractivity contribution in [2.75, 3.05) is 13.1 Å². The fourth-order valence-corrected chi connectivity index (χ4v) is 2.83. The van der Waals surface area contributed by atoms with Crippen molar-refractivity contribution in [3.8, 4) is 0 Å². The Morgan fingerprint density at radius 1 is 1.00 bits per heavy atom.